The Balaban J connectivity index is 1.64. The summed E-state index contributed by atoms with van der Waals surface area (Å²) in [5, 5.41) is 6.49. The summed E-state index contributed by atoms with van der Waals surface area (Å²) in [4.78, 5) is 0. The van der Waals surface area contributed by atoms with Crippen LogP contribution in [0.3, 0.4) is 0 Å². The van der Waals surface area contributed by atoms with Crippen molar-refractivity contribution in [3.05, 3.63) is 84.2 Å². The highest BCUT2D eigenvalue weighted by Crippen LogP contribution is 1.97. The van der Waals surface area contributed by atoms with E-state index >= 15 is 0 Å². The molecule has 2 heteroatoms. The van der Waals surface area contributed by atoms with Gasteiger partial charge in [0.15, 0.2) is 0 Å². The van der Waals surface area contributed by atoms with E-state index in [0.29, 0.717) is 0 Å². The molecule has 0 atom stereocenters. The minimum absolute atomic E-state index is 0.852. The lowest BCUT2D eigenvalue weighted by Crippen LogP contribution is -2.09. The lowest BCUT2D eigenvalue weighted by atomic mass is 10.2. The fraction of sp³-hybridized carbons (Fsp3) is 0.125. The van der Waals surface area contributed by atoms with Crippen LogP contribution in [0.4, 0.5) is 0 Å². The largest absolute Gasteiger partial charge is 0.386 e. The van der Waals surface area contributed by atoms with Crippen LogP contribution in [0, 0.1) is 0 Å². The van der Waals surface area contributed by atoms with Crippen LogP contribution in [-0.2, 0) is 13.1 Å². The first-order valence-electron chi connectivity index (χ1n) is 6.15. The van der Waals surface area contributed by atoms with Crippen molar-refractivity contribution in [1.29, 1.82) is 0 Å². The van der Waals surface area contributed by atoms with Gasteiger partial charge in [-0.2, -0.15) is 0 Å². The molecule has 2 nitrogen and oxygen atoms in total. The van der Waals surface area contributed by atoms with E-state index in [1.54, 1.807) is 0 Å². The first-order valence-corrected chi connectivity index (χ1v) is 6.15. The molecular weight excluding hydrogens is 220 g/mol. The van der Waals surface area contributed by atoms with Gasteiger partial charge in [-0.25, -0.2) is 0 Å². The molecule has 2 aromatic rings. The number of nitrogens with one attached hydrogen (secondary N) is 2. The Bertz CT molecular complexity index is 417. The SMILES string of the molecule is C(=CNCc1ccccc1)NCc1ccccc1. The molecule has 2 rings (SSSR count). The van der Waals surface area contributed by atoms with Crippen LogP contribution in [0.15, 0.2) is 73.1 Å². The van der Waals surface area contributed by atoms with Crippen LogP contribution in [0.25, 0.3) is 0 Å². The minimum atomic E-state index is 0.852. The van der Waals surface area contributed by atoms with Gasteiger partial charge in [0, 0.05) is 25.5 Å². The van der Waals surface area contributed by atoms with Gasteiger partial charge < -0.3 is 10.6 Å². The molecule has 0 radical (unpaired) electrons. The summed E-state index contributed by atoms with van der Waals surface area (Å²) in [6.07, 6.45) is 3.88. The van der Waals surface area contributed by atoms with Gasteiger partial charge in [-0.3, -0.25) is 0 Å². The molecule has 92 valence electrons. The summed E-state index contributed by atoms with van der Waals surface area (Å²) in [6.45, 7) is 1.70. The molecule has 0 aliphatic heterocycles. The van der Waals surface area contributed by atoms with Crippen molar-refractivity contribution in [3.63, 3.8) is 0 Å². The van der Waals surface area contributed by atoms with Crippen LogP contribution >= 0.6 is 0 Å². The molecule has 0 heterocycles. The molecule has 2 aromatic carbocycles. The van der Waals surface area contributed by atoms with Gasteiger partial charge >= 0.3 is 0 Å². The second-order valence-electron chi connectivity index (χ2n) is 4.07. The zero-order valence-corrected chi connectivity index (χ0v) is 10.3. The summed E-state index contributed by atoms with van der Waals surface area (Å²) < 4.78 is 0. The van der Waals surface area contributed by atoms with E-state index in [0.717, 1.165) is 13.1 Å². The van der Waals surface area contributed by atoms with E-state index in [-0.39, 0.29) is 0 Å². The number of hydrogen-bond acceptors (Lipinski definition) is 2. The van der Waals surface area contributed by atoms with Gasteiger partial charge in [0.2, 0.25) is 0 Å². The highest BCUT2D eigenvalue weighted by molar-refractivity contribution is 5.15. The highest BCUT2D eigenvalue weighted by atomic mass is 14.9. The van der Waals surface area contributed by atoms with Crippen molar-refractivity contribution >= 4 is 0 Å². The van der Waals surface area contributed by atoms with E-state index in [9.17, 15) is 0 Å². The van der Waals surface area contributed by atoms with Crippen LogP contribution < -0.4 is 10.6 Å². The Morgan fingerprint density at radius 2 is 1.00 bits per heavy atom. The van der Waals surface area contributed by atoms with E-state index < -0.39 is 0 Å². The van der Waals surface area contributed by atoms with Crippen molar-refractivity contribution < 1.29 is 0 Å². The van der Waals surface area contributed by atoms with Crippen molar-refractivity contribution in [2.24, 2.45) is 0 Å². The molecule has 0 unspecified atom stereocenters. The van der Waals surface area contributed by atoms with Crippen LogP contribution in [0.2, 0.25) is 0 Å². The molecule has 0 spiro atoms. The van der Waals surface area contributed by atoms with E-state index in [1.165, 1.54) is 11.1 Å². The second kappa shape index (κ2) is 7.17. The smallest absolute Gasteiger partial charge is 0.0395 e. The average Bonchev–Trinajstić information content (AvgIpc) is 2.45. The Hall–Kier alpha value is -2.22. The molecule has 0 aliphatic rings. The van der Waals surface area contributed by atoms with Crippen LogP contribution in [-0.4, -0.2) is 0 Å². The number of rotatable bonds is 6. The van der Waals surface area contributed by atoms with Gasteiger partial charge in [0.1, 0.15) is 0 Å². The Morgan fingerprint density at radius 3 is 1.39 bits per heavy atom. The third-order valence-corrected chi connectivity index (χ3v) is 2.62. The maximum Gasteiger partial charge on any atom is 0.0395 e. The molecular formula is C16H18N2. The fourth-order valence-electron chi connectivity index (χ4n) is 1.66. The Kier molecular flexibility index (Phi) is 4.88. The van der Waals surface area contributed by atoms with Crippen LogP contribution in [0.1, 0.15) is 11.1 Å². The molecule has 0 bridgehead atoms. The molecule has 0 amide bonds. The zero-order chi connectivity index (χ0) is 12.5. The van der Waals surface area contributed by atoms with Gasteiger partial charge in [0.05, 0.1) is 0 Å². The summed E-state index contributed by atoms with van der Waals surface area (Å²) in [5.41, 5.74) is 2.57. The van der Waals surface area contributed by atoms with Gasteiger partial charge in [-0.05, 0) is 11.1 Å². The summed E-state index contributed by atoms with van der Waals surface area (Å²) in [5.74, 6) is 0. The zero-order valence-electron chi connectivity index (χ0n) is 10.3. The summed E-state index contributed by atoms with van der Waals surface area (Å²) in [6, 6.07) is 20.7. The first-order chi connectivity index (χ1) is 8.95. The maximum absolute atomic E-state index is 3.24. The summed E-state index contributed by atoms with van der Waals surface area (Å²) in [7, 11) is 0. The first kappa shape index (κ1) is 12.2. The number of hydrogen-bond donors (Lipinski definition) is 2. The highest BCUT2D eigenvalue weighted by Gasteiger charge is 1.87. The van der Waals surface area contributed by atoms with Gasteiger partial charge in [0.25, 0.3) is 0 Å². The lowest BCUT2D eigenvalue weighted by Gasteiger charge is -2.02. The number of benzene rings is 2. The average molecular weight is 238 g/mol. The summed E-state index contributed by atoms with van der Waals surface area (Å²) >= 11 is 0. The fourth-order valence-corrected chi connectivity index (χ4v) is 1.66. The topological polar surface area (TPSA) is 24.1 Å². The van der Waals surface area contributed by atoms with Crippen molar-refractivity contribution in [2.75, 3.05) is 0 Å². The third-order valence-electron chi connectivity index (χ3n) is 2.62. The monoisotopic (exact) mass is 238 g/mol. The molecule has 18 heavy (non-hydrogen) atoms. The standard InChI is InChI=1S/C16H18N2/c1-3-7-15(8-4-1)13-17-11-12-18-14-16-9-5-2-6-10-16/h1-12,17-18H,13-14H2. The molecule has 0 saturated carbocycles. The maximum atomic E-state index is 3.24. The second-order valence-corrected chi connectivity index (χ2v) is 4.07. The van der Waals surface area contributed by atoms with Crippen molar-refractivity contribution in [2.45, 2.75) is 13.1 Å². The quantitative estimate of drug-likeness (QED) is 0.808. The van der Waals surface area contributed by atoms with E-state index in [2.05, 4.69) is 34.9 Å². The molecule has 0 saturated heterocycles. The molecule has 2 N–H and O–H groups in total. The molecule has 0 aliphatic carbocycles. The lowest BCUT2D eigenvalue weighted by molar-refractivity contribution is 0.824. The van der Waals surface area contributed by atoms with E-state index in [1.807, 2.05) is 48.8 Å². The minimum Gasteiger partial charge on any atom is -0.386 e. The van der Waals surface area contributed by atoms with Crippen molar-refractivity contribution in [1.82, 2.24) is 10.6 Å². The molecule has 0 aromatic heterocycles. The normalized spacial score (nSPS) is 10.4. The van der Waals surface area contributed by atoms with Crippen LogP contribution in [0.5, 0.6) is 0 Å². The Morgan fingerprint density at radius 1 is 0.611 bits per heavy atom. The van der Waals surface area contributed by atoms with Gasteiger partial charge in [-0.15, -0.1) is 0 Å². The Labute approximate surface area is 108 Å². The predicted molar refractivity (Wildman–Crippen MR) is 75.7 cm³/mol. The third kappa shape index (κ3) is 4.34. The van der Waals surface area contributed by atoms with Gasteiger partial charge in [-0.1, -0.05) is 60.7 Å². The van der Waals surface area contributed by atoms with Crippen molar-refractivity contribution in [3.8, 4) is 0 Å². The predicted octanol–water partition coefficient (Wildman–Crippen LogP) is 3.04. The molecule has 0 fully saturated rings. The van der Waals surface area contributed by atoms with E-state index in [4.69, 9.17) is 0 Å².